The second-order valence-electron chi connectivity index (χ2n) is 9.74. The van der Waals surface area contributed by atoms with E-state index in [4.69, 9.17) is 10.8 Å². The van der Waals surface area contributed by atoms with Crippen LogP contribution in [0, 0.1) is 5.92 Å². The average molecular weight is 489 g/mol. The fraction of sp³-hybridized carbons (Fsp3) is 0.591. The Balaban J connectivity index is 1.49. The predicted octanol–water partition coefficient (Wildman–Crippen LogP) is 1.54. The van der Waals surface area contributed by atoms with Gasteiger partial charge in [-0.05, 0) is 25.7 Å². The monoisotopic (exact) mass is 488 g/mol. The Kier molecular flexibility index (Phi) is 5.47. The molecule has 1 unspecified atom stereocenters. The van der Waals surface area contributed by atoms with Crippen molar-refractivity contribution in [2.45, 2.75) is 44.9 Å². The smallest absolute Gasteiger partial charge is 0.264 e. The lowest BCUT2D eigenvalue weighted by Crippen LogP contribution is -2.50. The lowest BCUT2D eigenvalue weighted by atomic mass is 10.0. The number of hydrogen-bond acceptors (Lipinski definition) is 7. The zero-order valence-corrected chi connectivity index (χ0v) is 20.8. The molecule has 4 heterocycles. The predicted molar refractivity (Wildman–Crippen MR) is 132 cm³/mol. The lowest BCUT2D eigenvalue weighted by Gasteiger charge is -2.35. The molecule has 184 valence electrons. The molecule has 1 saturated heterocycles. The maximum absolute atomic E-state index is 13.2. The van der Waals surface area contributed by atoms with Crippen LogP contribution in [-0.2, 0) is 17.1 Å². The van der Waals surface area contributed by atoms with Gasteiger partial charge < -0.3 is 15.2 Å². The molecule has 0 spiro atoms. The first-order valence-corrected chi connectivity index (χ1v) is 13.3. The number of anilines is 2. The molecule has 5 rings (SSSR count). The van der Waals surface area contributed by atoms with Crippen molar-refractivity contribution >= 4 is 32.6 Å². The van der Waals surface area contributed by atoms with Crippen LogP contribution >= 0.6 is 0 Å². The van der Waals surface area contributed by atoms with E-state index in [2.05, 4.69) is 28.9 Å². The first kappa shape index (κ1) is 22.9. The molecule has 1 aliphatic carbocycles. The standard InChI is InChI=1S/C22H32N8O3S/c1-13(2)14(3)30-12-16(20-19(22(30)31)21(23)25-24-20)17-11-18(27(4)26-17)28-7-9-29(10-8-28)34(32,33)15-5-6-15/h11-15H,5-10H2,1-4H3,(H3,23,24,25). The number of sulfonamides is 1. The van der Waals surface area contributed by atoms with Crippen molar-refractivity contribution in [2.75, 3.05) is 36.8 Å². The number of pyridine rings is 1. The van der Waals surface area contributed by atoms with Gasteiger partial charge in [0.2, 0.25) is 10.0 Å². The second-order valence-corrected chi connectivity index (χ2v) is 12.0. The van der Waals surface area contributed by atoms with E-state index in [1.165, 1.54) is 0 Å². The van der Waals surface area contributed by atoms with Crippen LogP contribution in [0.15, 0.2) is 17.1 Å². The number of aromatic nitrogens is 5. The Bertz CT molecular complexity index is 1390. The SMILES string of the molecule is CC(C)C(C)n1cc(-c2cc(N3CCN(S(=O)(=O)C4CC4)CC3)n(C)n2)c2[nH]nc(N)c2c1=O. The summed E-state index contributed by atoms with van der Waals surface area (Å²) in [7, 11) is -1.29. The van der Waals surface area contributed by atoms with E-state index < -0.39 is 10.0 Å². The van der Waals surface area contributed by atoms with Crippen molar-refractivity contribution in [3.63, 3.8) is 0 Å². The Labute approximate surface area is 198 Å². The van der Waals surface area contributed by atoms with Crippen LogP contribution in [0.25, 0.3) is 22.2 Å². The van der Waals surface area contributed by atoms with Gasteiger partial charge in [-0.2, -0.15) is 14.5 Å². The number of nitrogens with zero attached hydrogens (tertiary/aromatic N) is 6. The molecule has 34 heavy (non-hydrogen) atoms. The Morgan fingerprint density at radius 1 is 1.15 bits per heavy atom. The number of fused-ring (bicyclic) bond motifs is 1. The van der Waals surface area contributed by atoms with Crippen LogP contribution in [0.4, 0.5) is 11.6 Å². The van der Waals surface area contributed by atoms with E-state index in [-0.39, 0.29) is 28.6 Å². The lowest BCUT2D eigenvalue weighted by molar-refractivity contribution is 0.381. The molecule has 3 N–H and O–H groups in total. The van der Waals surface area contributed by atoms with Crippen molar-refractivity contribution in [1.82, 2.24) is 28.9 Å². The zero-order chi connectivity index (χ0) is 24.4. The average Bonchev–Trinajstić information content (AvgIpc) is 3.50. The summed E-state index contributed by atoms with van der Waals surface area (Å²) in [6.45, 7) is 8.29. The third kappa shape index (κ3) is 3.68. The Hall–Kier alpha value is -2.86. The van der Waals surface area contributed by atoms with Crippen molar-refractivity contribution in [3.05, 3.63) is 22.6 Å². The number of piperazine rings is 1. The maximum Gasteiger partial charge on any atom is 0.264 e. The highest BCUT2D eigenvalue weighted by Crippen LogP contribution is 2.33. The summed E-state index contributed by atoms with van der Waals surface area (Å²) >= 11 is 0. The van der Waals surface area contributed by atoms with Crippen LogP contribution in [-0.4, -0.2) is 68.7 Å². The molecular formula is C22H32N8O3S. The molecule has 0 amide bonds. The molecule has 2 aliphatic rings. The van der Waals surface area contributed by atoms with Gasteiger partial charge in [-0.15, -0.1) is 0 Å². The summed E-state index contributed by atoms with van der Waals surface area (Å²) in [5.74, 6) is 1.32. The molecule has 0 aromatic carbocycles. The molecule has 12 heteroatoms. The van der Waals surface area contributed by atoms with Gasteiger partial charge >= 0.3 is 0 Å². The highest BCUT2D eigenvalue weighted by molar-refractivity contribution is 7.90. The van der Waals surface area contributed by atoms with Crippen LogP contribution in [0.2, 0.25) is 0 Å². The molecule has 1 atom stereocenters. The number of nitrogens with one attached hydrogen (secondary N) is 1. The van der Waals surface area contributed by atoms with Gasteiger partial charge in [0.25, 0.3) is 5.56 Å². The maximum atomic E-state index is 13.2. The summed E-state index contributed by atoms with van der Waals surface area (Å²) < 4.78 is 30.3. The number of rotatable bonds is 6. The van der Waals surface area contributed by atoms with Gasteiger partial charge in [-0.25, -0.2) is 8.42 Å². The van der Waals surface area contributed by atoms with Gasteiger partial charge in [-0.1, -0.05) is 13.8 Å². The molecule has 2 fully saturated rings. The topological polar surface area (TPSA) is 135 Å². The third-order valence-electron chi connectivity index (χ3n) is 7.18. The van der Waals surface area contributed by atoms with Gasteiger partial charge in [0, 0.05) is 57.1 Å². The van der Waals surface area contributed by atoms with Crippen LogP contribution in [0.1, 0.15) is 39.7 Å². The number of hydrogen-bond donors (Lipinski definition) is 2. The third-order valence-corrected chi connectivity index (χ3v) is 9.58. The molecule has 3 aromatic heterocycles. The number of aromatic amines is 1. The number of H-pyrrole nitrogens is 1. The van der Waals surface area contributed by atoms with Gasteiger partial charge in [-0.3, -0.25) is 14.6 Å². The van der Waals surface area contributed by atoms with Gasteiger partial charge in [0.1, 0.15) is 11.2 Å². The molecule has 0 bridgehead atoms. The zero-order valence-electron chi connectivity index (χ0n) is 20.0. The summed E-state index contributed by atoms with van der Waals surface area (Å²) in [5, 5.41) is 11.9. The fourth-order valence-electron chi connectivity index (χ4n) is 4.61. The molecule has 3 aromatic rings. The Morgan fingerprint density at radius 3 is 2.44 bits per heavy atom. The summed E-state index contributed by atoms with van der Waals surface area (Å²) in [4.78, 5) is 15.3. The summed E-state index contributed by atoms with van der Waals surface area (Å²) in [6, 6.07) is 1.95. The quantitative estimate of drug-likeness (QED) is 0.537. The number of nitrogens with two attached hydrogens (primary N) is 1. The molecule has 0 radical (unpaired) electrons. The largest absolute Gasteiger partial charge is 0.382 e. The van der Waals surface area contributed by atoms with Crippen molar-refractivity contribution in [2.24, 2.45) is 13.0 Å². The first-order valence-electron chi connectivity index (χ1n) is 11.8. The molecular weight excluding hydrogens is 456 g/mol. The van der Waals surface area contributed by atoms with E-state index in [9.17, 15) is 13.2 Å². The normalized spacial score (nSPS) is 18.8. The number of aryl methyl sites for hydroxylation is 1. The van der Waals surface area contributed by atoms with Crippen LogP contribution in [0.3, 0.4) is 0 Å². The van der Waals surface area contributed by atoms with Gasteiger partial charge in [0.15, 0.2) is 5.82 Å². The van der Waals surface area contributed by atoms with Crippen molar-refractivity contribution in [3.8, 4) is 11.3 Å². The second kappa shape index (κ2) is 8.12. The Morgan fingerprint density at radius 2 is 1.82 bits per heavy atom. The molecule has 11 nitrogen and oxygen atoms in total. The van der Waals surface area contributed by atoms with E-state index in [1.807, 2.05) is 26.2 Å². The van der Waals surface area contributed by atoms with E-state index >= 15 is 0 Å². The highest BCUT2D eigenvalue weighted by Gasteiger charge is 2.41. The summed E-state index contributed by atoms with van der Waals surface area (Å²) in [6.07, 6.45) is 3.38. The molecule has 1 aliphatic heterocycles. The van der Waals surface area contributed by atoms with Crippen LogP contribution < -0.4 is 16.2 Å². The van der Waals surface area contributed by atoms with E-state index in [0.717, 1.165) is 24.2 Å². The van der Waals surface area contributed by atoms with E-state index in [0.29, 0.717) is 42.8 Å². The molecule has 1 saturated carbocycles. The minimum Gasteiger partial charge on any atom is -0.382 e. The number of nitrogen functional groups attached to an aromatic ring is 1. The fourth-order valence-corrected chi connectivity index (χ4v) is 6.44. The first-order chi connectivity index (χ1) is 16.1. The minimum atomic E-state index is -3.16. The van der Waals surface area contributed by atoms with Crippen molar-refractivity contribution < 1.29 is 8.42 Å². The summed E-state index contributed by atoms with van der Waals surface area (Å²) in [5.41, 5.74) is 7.90. The van der Waals surface area contributed by atoms with Crippen molar-refractivity contribution in [1.29, 1.82) is 0 Å². The van der Waals surface area contributed by atoms with Gasteiger partial charge in [0.05, 0.1) is 16.5 Å². The van der Waals surface area contributed by atoms with Crippen LogP contribution in [0.5, 0.6) is 0 Å². The van der Waals surface area contributed by atoms with E-state index in [1.54, 1.807) is 13.6 Å². The minimum absolute atomic E-state index is 0.0328. The highest BCUT2D eigenvalue weighted by atomic mass is 32.2.